The van der Waals surface area contributed by atoms with E-state index >= 15 is 0 Å². The highest BCUT2D eigenvalue weighted by Crippen LogP contribution is 2.37. The van der Waals surface area contributed by atoms with E-state index in [4.69, 9.17) is 0 Å². The maximum Gasteiger partial charge on any atom is 0.223 e. The number of imidazole rings is 1. The quantitative estimate of drug-likeness (QED) is 0.835. The van der Waals surface area contributed by atoms with Crippen LogP contribution in [-0.4, -0.2) is 22.0 Å². The summed E-state index contributed by atoms with van der Waals surface area (Å²) < 4.78 is 2.14. The number of nitrogens with one attached hydrogen (secondary N) is 1. The van der Waals surface area contributed by atoms with Gasteiger partial charge >= 0.3 is 0 Å². The average Bonchev–Trinajstić information content (AvgIpc) is 3.01. The average molecular weight is 257 g/mol. The molecule has 0 radical (unpaired) electrons. The Morgan fingerprint density at radius 1 is 1.47 bits per heavy atom. The first-order valence-electron chi connectivity index (χ1n) is 6.93. The van der Waals surface area contributed by atoms with E-state index in [2.05, 4.69) is 27.9 Å². The summed E-state index contributed by atoms with van der Waals surface area (Å²) in [7, 11) is 0. The van der Waals surface area contributed by atoms with Crippen LogP contribution in [0.1, 0.15) is 19.8 Å². The second-order valence-electron chi connectivity index (χ2n) is 5.39. The lowest BCUT2D eigenvalue weighted by Gasteiger charge is -2.06. The Balaban J connectivity index is 1.48. The second kappa shape index (κ2) is 5.03. The van der Waals surface area contributed by atoms with E-state index in [9.17, 15) is 4.79 Å². The molecule has 1 aliphatic rings. The van der Waals surface area contributed by atoms with Crippen LogP contribution >= 0.6 is 0 Å². The zero-order valence-electron chi connectivity index (χ0n) is 11.2. The number of hydrogen-bond acceptors (Lipinski definition) is 2. The molecule has 1 aromatic heterocycles. The Morgan fingerprint density at radius 3 is 3.05 bits per heavy atom. The zero-order valence-corrected chi connectivity index (χ0v) is 11.2. The SMILES string of the molecule is CC1CC1C(=O)NCCCn1cnc2ccccc21. The lowest BCUT2D eigenvalue weighted by atomic mass is 10.3. The number of carbonyl (C=O) groups is 1. The molecule has 0 aliphatic heterocycles. The monoisotopic (exact) mass is 257 g/mol. The minimum atomic E-state index is 0.225. The van der Waals surface area contributed by atoms with E-state index in [1.807, 2.05) is 24.5 Å². The van der Waals surface area contributed by atoms with Crippen LogP contribution in [-0.2, 0) is 11.3 Å². The van der Waals surface area contributed by atoms with Gasteiger partial charge in [-0.15, -0.1) is 0 Å². The van der Waals surface area contributed by atoms with Crippen LogP contribution in [0.2, 0.25) is 0 Å². The summed E-state index contributed by atoms with van der Waals surface area (Å²) in [5, 5.41) is 3.01. The maximum absolute atomic E-state index is 11.7. The summed E-state index contributed by atoms with van der Waals surface area (Å²) in [6.45, 7) is 3.76. The number of carbonyl (C=O) groups excluding carboxylic acids is 1. The molecular weight excluding hydrogens is 238 g/mol. The fourth-order valence-corrected chi connectivity index (χ4v) is 2.47. The van der Waals surface area contributed by atoms with Crippen molar-refractivity contribution in [2.24, 2.45) is 11.8 Å². The van der Waals surface area contributed by atoms with Crippen LogP contribution in [0, 0.1) is 11.8 Å². The third kappa shape index (κ3) is 2.62. The van der Waals surface area contributed by atoms with Crippen molar-refractivity contribution in [1.29, 1.82) is 0 Å². The molecule has 1 N–H and O–H groups in total. The first kappa shape index (κ1) is 12.2. The topological polar surface area (TPSA) is 46.9 Å². The molecule has 1 aliphatic carbocycles. The van der Waals surface area contributed by atoms with Crippen molar-refractivity contribution in [3.05, 3.63) is 30.6 Å². The van der Waals surface area contributed by atoms with Crippen molar-refractivity contribution in [3.8, 4) is 0 Å². The number of para-hydroxylation sites is 2. The Labute approximate surface area is 112 Å². The van der Waals surface area contributed by atoms with Crippen LogP contribution < -0.4 is 5.32 Å². The summed E-state index contributed by atoms with van der Waals surface area (Å²) >= 11 is 0. The van der Waals surface area contributed by atoms with Gasteiger partial charge in [0.25, 0.3) is 0 Å². The van der Waals surface area contributed by atoms with Crippen LogP contribution in [0.25, 0.3) is 11.0 Å². The van der Waals surface area contributed by atoms with Gasteiger partial charge in [0.1, 0.15) is 0 Å². The van der Waals surface area contributed by atoms with E-state index < -0.39 is 0 Å². The van der Waals surface area contributed by atoms with E-state index in [0.717, 1.165) is 37.0 Å². The van der Waals surface area contributed by atoms with Crippen molar-refractivity contribution < 1.29 is 4.79 Å². The molecule has 3 rings (SSSR count). The Bertz CT molecular complexity index is 590. The van der Waals surface area contributed by atoms with Gasteiger partial charge in [-0.2, -0.15) is 0 Å². The molecule has 4 heteroatoms. The number of amides is 1. The molecule has 1 heterocycles. The fourth-order valence-electron chi connectivity index (χ4n) is 2.47. The molecule has 2 unspecified atom stereocenters. The highest BCUT2D eigenvalue weighted by atomic mass is 16.2. The molecule has 1 amide bonds. The number of benzene rings is 1. The van der Waals surface area contributed by atoms with Crippen LogP contribution in [0.15, 0.2) is 30.6 Å². The van der Waals surface area contributed by atoms with Crippen molar-refractivity contribution in [3.63, 3.8) is 0 Å². The normalized spacial score (nSPS) is 21.5. The minimum Gasteiger partial charge on any atom is -0.356 e. The molecular formula is C15H19N3O. The van der Waals surface area contributed by atoms with Crippen LogP contribution in [0.5, 0.6) is 0 Å². The van der Waals surface area contributed by atoms with Gasteiger partial charge < -0.3 is 9.88 Å². The van der Waals surface area contributed by atoms with E-state index in [-0.39, 0.29) is 11.8 Å². The number of rotatable bonds is 5. The zero-order chi connectivity index (χ0) is 13.2. The number of fused-ring (bicyclic) bond motifs is 1. The number of hydrogen-bond donors (Lipinski definition) is 1. The van der Waals surface area contributed by atoms with Crippen molar-refractivity contribution >= 4 is 16.9 Å². The first-order valence-corrected chi connectivity index (χ1v) is 6.93. The second-order valence-corrected chi connectivity index (χ2v) is 5.39. The number of aromatic nitrogens is 2. The Morgan fingerprint density at radius 2 is 2.26 bits per heavy atom. The predicted molar refractivity (Wildman–Crippen MR) is 74.6 cm³/mol. The number of aryl methyl sites for hydroxylation is 1. The molecule has 1 saturated carbocycles. The summed E-state index contributed by atoms with van der Waals surface area (Å²) in [5.74, 6) is 1.08. The highest BCUT2D eigenvalue weighted by Gasteiger charge is 2.38. The van der Waals surface area contributed by atoms with E-state index in [0.29, 0.717) is 5.92 Å². The molecule has 19 heavy (non-hydrogen) atoms. The Kier molecular flexibility index (Phi) is 3.23. The van der Waals surface area contributed by atoms with Crippen LogP contribution in [0.3, 0.4) is 0 Å². The predicted octanol–water partition coefficient (Wildman–Crippen LogP) is 2.20. The third-order valence-corrected chi connectivity index (χ3v) is 3.85. The van der Waals surface area contributed by atoms with Crippen molar-refractivity contribution in [1.82, 2.24) is 14.9 Å². The lowest BCUT2D eigenvalue weighted by molar-refractivity contribution is -0.122. The Hall–Kier alpha value is -1.84. The fraction of sp³-hybridized carbons (Fsp3) is 0.467. The van der Waals surface area contributed by atoms with Gasteiger partial charge in [0.05, 0.1) is 17.4 Å². The molecule has 4 nitrogen and oxygen atoms in total. The van der Waals surface area contributed by atoms with Gasteiger partial charge in [-0.05, 0) is 30.9 Å². The molecule has 1 aromatic carbocycles. The molecule has 0 saturated heterocycles. The third-order valence-electron chi connectivity index (χ3n) is 3.85. The van der Waals surface area contributed by atoms with Gasteiger partial charge in [-0.1, -0.05) is 19.1 Å². The number of nitrogens with zero attached hydrogens (tertiary/aromatic N) is 2. The molecule has 2 atom stereocenters. The summed E-state index contributed by atoms with van der Waals surface area (Å²) in [6, 6.07) is 8.11. The molecule has 1 fully saturated rings. The van der Waals surface area contributed by atoms with Crippen LogP contribution in [0.4, 0.5) is 0 Å². The standard InChI is InChI=1S/C15H19N3O/c1-11-9-12(11)15(19)16-7-4-8-18-10-17-13-5-2-3-6-14(13)18/h2-3,5-6,10-12H,4,7-9H2,1H3,(H,16,19). The molecule has 0 bridgehead atoms. The smallest absolute Gasteiger partial charge is 0.223 e. The van der Waals surface area contributed by atoms with Crippen molar-refractivity contribution in [2.45, 2.75) is 26.3 Å². The largest absolute Gasteiger partial charge is 0.356 e. The summed E-state index contributed by atoms with van der Waals surface area (Å²) in [5.41, 5.74) is 2.18. The van der Waals surface area contributed by atoms with Gasteiger partial charge in [-0.25, -0.2) is 4.98 Å². The van der Waals surface area contributed by atoms with Gasteiger partial charge in [0, 0.05) is 19.0 Å². The molecule has 0 spiro atoms. The van der Waals surface area contributed by atoms with Gasteiger partial charge in [0.2, 0.25) is 5.91 Å². The maximum atomic E-state index is 11.7. The van der Waals surface area contributed by atoms with E-state index in [1.54, 1.807) is 0 Å². The first-order chi connectivity index (χ1) is 9.25. The minimum absolute atomic E-state index is 0.225. The highest BCUT2D eigenvalue weighted by molar-refractivity contribution is 5.81. The summed E-state index contributed by atoms with van der Waals surface area (Å²) in [4.78, 5) is 16.0. The molecule has 100 valence electrons. The van der Waals surface area contributed by atoms with Crippen molar-refractivity contribution in [2.75, 3.05) is 6.54 Å². The van der Waals surface area contributed by atoms with E-state index in [1.165, 1.54) is 0 Å². The van der Waals surface area contributed by atoms with Gasteiger partial charge in [0.15, 0.2) is 0 Å². The molecule has 2 aromatic rings. The summed E-state index contributed by atoms with van der Waals surface area (Å²) in [6.07, 6.45) is 3.86. The lowest BCUT2D eigenvalue weighted by Crippen LogP contribution is -2.27. The van der Waals surface area contributed by atoms with Gasteiger partial charge in [-0.3, -0.25) is 4.79 Å².